The van der Waals surface area contributed by atoms with Gasteiger partial charge in [0.15, 0.2) is 5.76 Å². The van der Waals surface area contributed by atoms with Gasteiger partial charge in [0.2, 0.25) is 0 Å². The molecule has 0 aliphatic heterocycles. The monoisotopic (exact) mass is 380 g/mol. The Labute approximate surface area is 161 Å². The summed E-state index contributed by atoms with van der Waals surface area (Å²) in [5.74, 6) is 0.336. The van der Waals surface area contributed by atoms with Crippen LogP contribution in [0, 0.1) is 10.1 Å². The van der Waals surface area contributed by atoms with Crippen molar-refractivity contribution < 1.29 is 14.1 Å². The third-order valence-electron chi connectivity index (χ3n) is 4.96. The van der Waals surface area contributed by atoms with Gasteiger partial charge in [-0.3, -0.25) is 14.9 Å². The fourth-order valence-electron chi connectivity index (χ4n) is 3.51. The topological polar surface area (TPSA) is 103 Å². The highest BCUT2D eigenvalue weighted by molar-refractivity contribution is 5.94. The molecule has 0 spiro atoms. The van der Waals surface area contributed by atoms with Crippen molar-refractivity contribution in [3.05, 3.63) is 64.5 Å². The zero-order valence-corrected chi connectivity index (χ0v) is 15.2. The molecule has 1 amide bonds. The molecule has 1 aromatic carbocycles. The molecule has 1 fully saturated rings. The maximum Gasteiger partial charge on any atom is 0.270 e. The lowest BCUT2D eigenvalue weighted by atomic mass is 9.95. The molecule has 8 nitrogen and oxygen atoms in total. The smallest absolute Gasteiger partial charge is 0.270 e. The maximum atomic E-state index is 13.0. The number of hydrogen-bond donors (Lipinski definition) is 1. The molecule has 3 aromatic rings. The summed E-state index contributed by atoms with van der Waals surface area (Å²) < 4.78 is 6.91. The van der Waals surface area contributed by atoms with E-state index in [2.05, 4.69) is 10.4 Å². The van der Waals surface area contributed by atoms with E-state index >= 15 is 0 Å². The number of nitrogens with one attached hydrogen (secondary N) is 1. The number of rotatable bonds is 5. The number of carbonyl (C=O) groups excluding carboxylic acids is 1. The number of benzene rings is 1. The Bertz CT molecular complexity index is 970. The first kappa shape index (κ1) is 18.0. The predicted octanol–water partition coefficient (Wildman–Crippen LogP) is 4.10. The summed E-state index contributed by atoms with van der Waals surface area (Å²) in [6.07, 6.45) is 6.93. The first-order valence-corrected chi connectivity index (χ1v) is 9.31. The van der Waals surface area contributed by atoms with Crippen LogP contribution in [0.15, 0.2) is 53.1 Å². The van der Waals surface area contributed by atoms with Crippen LogP contribution in [0.25, 0.3) is 17.1 Å². The molecule has 28 heavy (non-hydrogen) atoms. The van der Waals surface area contributed by atoms with E-state index in [1.165, 1.54) is 23.2 Å². The normalized spacial score (nSPS) is 14.7. The van der Waals surface area contributed by atoms with Crippen LogP contribution in [0.3, 0.4) is 0 Å². The number of amides is 1. The Morgan fingerprint density at radius 3 is 2.57 bits per heavy atom. The van der Waals surface area contributed by atoms with Crippen molar-refractivity contribution in [2.45, 2.75) is 38.1 Å². The highest BCUT2D eigenvalue weighted by atomic mass is 16.6. The van der Waals surface area contributed by atoms with E-state index in [0.29, 0.717) is 22.8 Å². The Hall–Kier alpha value is -3.42. The molecule has 1 N–H and O–H groups in total. The van der Waals surface area contributed by atoms with Gasteiger partial charge in [-0.25, -0.2) is 4.68 Å². The SMILES string of the molecule is O=C(NC1CCCCC1)c1cc(-c2ccco2)nn1-c1ccc([N+](=O)[O-])cc1. The van der Waals surface area contributed by atoms with E-state index in [4.69, 9.17) is 4.42 Å². The molecule has 0 bridgehead atoms. The maximum absolute atomic E-state index is 13.0. The van der Waals surface area contributed by atoms with E-state index in [-0.39, 0.29) is 17.6 Å². The van der Waals surface area contributed by atoms with Crippen LogP contribution >= 0.6 is 0 Å². The lowest BCUT2D eigenvalue weighted by molar-refractivity contribution is -0.384. The summed E-state index contributed by atoms with van der Waals surface area (Å²) in [5, 5.41) is 18.5. The molecule has 2 heterocycles. The summed E-state index contributed by atoms with van der Waals surface area (Å²) in [4.78, 5) is 23.4. The average molecular weight is 380 g/mol. The summed E-state index contributed by atoms with van der Waals surface area (Å²) >= 11 is 0. The zero-order chi connectivity index (χ0) is 19.5. The number of aromatic nitrogens is 2. The van der Waals surface area contributed by atoms with E-state index in [0.717, 1.165) is 25.7 Å². The van der Waals surface area contributed by atoms with Crippen LogP contribution in [0.5, 0.6) is 0 Å². The molecule has 1 aliphatic carbocycles. The van der Waals surface area contributed by atoms with Gasteiger partial charge in [-0.1, -0.05) is 19.3 Å². The molecule has 2 aromatic heterocycles. The average Bonchev–Trinajstić information content (AvgIpc) is 3.39. The predicted molar refractivity (Wildman–Crippen MR) is 102 cm³/mol. The van der Waals surface area contributed by atoms with Crippen LogP contribution in [0.4, 0.5) is 5.69 Å². The minimum atomic E-state index is -0.460. The molecular weight excluding hydrogens is 360 g/mol. The molecular formula is C20H20N4O4. The second-order valence-electron chi connectivity index (χ2n) is 6.89. The van der Waals surface area contributed by atoms with Crippen LogP contribution < -0.4 is 5.32 Å². The minimum absolute atomic E-state index is 0.0182. The lowest BCUT2D eigenvalue weighted by Gasteiger charge is -2.22. The summed E-state index contributed by atoms with van der Waals surface area (Å²) in [6.45, 7) is 0. The number of nitro groups is 1. The molecule has 144 valence electrons. The zero-order valence-electron chi connectivity index (χ0n) is 15.2. The van der Waals surface area contributed by atoms with Gasteiger partial charge in [-0.2, -0.15) is 5.10 Å². The van der Waals surface area contributed by atoms with Crippen molar-refractivity contribution in [2.24, 2.45) is 0 Å². The highest BCUT2D eigenvalue weighted by Crippen LogP contribution is 2.24. The van der Waals surface area contributed by atoms with Crippen molar-refractivity contribution >= 4 is 11.6 Å². The molecule has 0 saturated heterocycles. The highest BCUT2D eigenvalue weighted by Gasteiger charge is 2.22. The molecule has 1 saturated carbocycles. The molecule has 0 unspecified atom stereocenters. The quantitative estimate of drug-likeness (QED) is 0.530. The van der Waals surface area contributed by atoms with E-state index in [9.17, 15) is 14.9 Å². The number of non-ortho nitro benzene ring substituents is 1. The molecule has 1 aliphatic rings. The van der Waals surface area contributed by atoms with E-state index in [1.54, 1.807) is 36.6 Å². The molecule has 8 heteroatoms. The van der Waals surface area contributed by atoms with Gasteiger partial charge in [-0.15, -0.1) is 0 Å². The first-order valence-electron chi connectivity index (χ1n) is 9.31. The Kier molecular flexibility index (Phi) is 4.92. The number of nitro benzene ring substituents is 1. The second kappa shape index (κ2) is 7.67. The van der Waals surface area contributed by atoms with Crippen LogP contribution in [0.2, 0.25) is 0 Å². The standard InChI is InChI=1S/C20H20N4O4/c25-20(21-14-5-2-1-3-6-14)18-13-17(19-7-4-12-28-19)22-23(18)15-8-10-16(11-9-15)24(26)27/h4,7-14H,1-3,5-6H2,(H,21,25). The van der Waals surface area contributed by atoms with Crippen molar-refractivity contribution in [1.82, 2.24) is 15.1 Å². The van der Waals surface area contributed by atoms with Crippen molar-refractivity contribution in [3.63, 3.8) is 0 Å². The van der Waals surface area contributed by atoms with Gasteiger partial charge < -0.3 is 9.73 Å². The van der Waals surface area contributed by atoms with Gasteiger partial charge in [-0.05, 0) is 37.1 Å². The molecule has 4 rings (SSSR count). The Morgan fingerprint density at radius 1 is 1.18 bits per heavy atom. The lowest BCUT2D eigenvalue weighted by Crippen LogP contribution is -2.37. The van der Waals surface area contributed by atoms with Crippen molar-refractivity contribution in [2.75, 3.05) is 0 Å². The van der Waals surface area contributed by atoms with E-state index in [1.807, 2.05) is 0 Å². The summed E-state index contributed by atoms with van der Waals surface area (Å²) in [7, 11) is 0. The largest absolute Gasteiger partial charge is 0.463 e. The van der Waals surface area contributed by atoms with Crippen LogP contribution in [0.1, 0.15) is 42.6 Å². The second-order valence-corrected chi connectivity index (χ2v) is 6.89. The summed E-state index contributed by atoms with van der Waals surface area (Å²) in [6, 6.07) is 11.3. The third-order valence-corrected chi connectivity index (χ3v) is 4.96. The van der Waals surface area contributed by atoms with Gasteiger partial charge >= 0.3 is 0 Å². The minimum Gasteiger partial charge on any atom is -0.463 e. The van der Waals surface area contributed by atoms with Crippen molar-refractivity contribution in [3.8, 4) is 17.1 Å². The fourth-order valence-corrected chi connectivity index (χ4v) is 3.51. The van der Waals surface area contributed by atoms with Crippen LogP contribution in [-0.2, 0) is 0 Å². The Balaban J connectivity index is 1.69. The number of carbonyl (C=O) groups is 1. The van der Waals surface area contributed by atoms with Crippen molar-refractivity contribution in [1.29, 1.82) is 0 Å². The fraction of sp³-hybridized carbons (Fsp3) is 0.300. The third kappa shape index (κ3) is 3.66. The number of furan rings is 1. The van der Waals surface area contributed by atoms with Gasteiger partial charge in [0, 0.05) is 24.2 Å². The first-order chi connectivity index (χ1) is 13.6. The summed E-state index contributed by atoms with van der Waals surface area (Å²) in [5.41, 5.74) is 1.44. The van der Waals surface area contributed by atoms with Gasteiger partial charge in [0.1, 0.15) is 11.4 Å². The van der Waals surface area contributed by atoms with E-state index < -0.39 is 4.92 Å². The Morgan fingerprint density at radius 2 is 1.93 bits per heavy atom. The van der Waals surface area contributed by atoms with Gasteiger partial charge in [0.05, 0.1) is 16.9 Å². The number of nitrogens with zero attached hydrogens (tertiary/aromatic N) is 3. The number of hydrogen-bond acceptors (Lipinski definition) is 5. The van der Waals surface area contributed by atoms with Crippen LogP contribution in [-0.4, -0.2) is 26.7 Å². The molecule has 0 atom stereocenters. The molecule has 0 radical (unpaired) electrons. The van der Waals surface area contributed by atoms with Gasteiger partial charge in [0.25, 0.3) is 11.6 Å².